The summed E-state index contributed by atoms with van der Waals surface area (Å²) in [6.45, 7) is 9.39. The second kappa shape index (κ2) is 9.19. The zero-order valence-electron chi connectivity index (χ0n) is 13.2. The molecule has 3 atom stereocenters. The number of rotatable bonds is 7. The zero-order chi connectivity index (χ0) is 15.0. The van der Waals surface area contributed by atoms with E-state index in [-0.39, 0.29) is 11.9 Å². The van der Waals surface area contributed by atoms with Gasteiger partial charge < -0.3 is 15.7 Å². The summed E-state index contributed by atoms with van der Waals surface area (Å²) in [6.07, 6.45) is 4.11. The van der Waals surface area contributed by atoms with Crippen LogP contribution in [0.5, 0.6) is 0 Å². The van der Waals surface area contributed by atoms with Gasteiger partial charge >= 0.3 is 6.03 Å². The van der Waals surface area contributed by atoms with E-state index in [9.17, 15) is 9.90 Å². The molecule has 3 unspecified atom stereocenters. The number of hydrogen-bond donors (Lipinski definition) is 3. The van der Waals surface area contributed by atoms with Crippen LogP contribution in [0.15, 0.2) is 0 Å². The molecule has 0 aromatic heterocycles. The minimum Gasteiger partial charge on any atom is -0.391 e. The van der Waals surface area contributed by atoms with Crippen molar-refractivity contribution in [2.45, 2.75) is 58.6 Å². The van der Waals surface area contributed by atoms with E-state index in [4.69, 9.17) is 0 Å². The number of nitrogens with zero attached hydrogens (tertiary/aromatic N) is 1. The van der Waals surface area contributed by atoms with E-state index in [1.54, 1.807) is 0 Å². The smallest absolute Gasteiger partial charge is 0.314 e. The van der Waals surface area contributed by atoms with E-state index in [1.807, 2.05) is 13.8 Å². The Morgan fingerprint density at radius 3 is 2.75 bits per heavy atom. The van der Waals surface area contributed by atoms with Crippen molar-refractivity contribution < 1.29 is 9.90 Å². The number of urea groups is 1. The summed E-state index contributed by atoms with van der Waals surface area (Å²) in [6, 6.07) is 0.285. The Morgan fingerprint density at radius 2 is 2.10 bits per heavy atom. The first-order valence-corrected chi connectivity index (χ1v) is 8.02. The fraction of sp³-hybridized carbons (Fsp3) is 0.933. The third kappa shape index (κ3) is 5.67. The summed E-state index contributed by atoms with van der Waals surface area (Å²) < 4.78 is 0. The highest BCUT2D eigenvalue weighted by Crippen LogP contribution is 2.15. The molecule has 1 saturated heterocycles. The average Bonchev–Trinajstić information content (AvgIpc) is 2.49. The van der Waals surface area contributed by atoms with E-state index in [2.05, 4.69) is 22.5 Å². The molecule has 1 aliphatic rings. The Hall–Kier alpha value is -0.810. The Balaban J connectivity index is 2.22. The summed E-state index contributed by atoms with van der Waals surface area (Å²) in [5, 5.41) is 15.5. The average molecular weight is 285 g/mol. The van der Waals surface area contributed by atoms with Crippen molar-refractivity contribution in [2.75, 3.05) is 26.2 Å². The summed E-state index contributed by atoms with van der Waals surface area (Å²) >= 11 is 0. The second-order valence-corrected chi connectivity index (χ2v) is 5.82. The quantitative estimate of drug-likeness (QED) is 0.665. The number of hydrogen-bond acceptors (Lipinski definition) is 3. The van der Waals surface area contributed by atoms with Gasteiger partial charge in [0, 0.05) is 19.1 Å². The van der Waals surface area contributed by atoms with Crippen LogP contribution in [-0.4, -0.2) is 54.4 Å². The van der Waals surface area contributed by atoms with E-state index in [0.717, 1.165) is 25.9 Å². The van der Waals surface area contributed by atoms with Gasteiger partial charge in [-0.2, -0.15) is 0 Å². The van der Waals surface area contributed by atoms with Crippen molar-refractivity contribution in [3.05, 3.63) is 0 Å². The Bertz CT molecular complexity index is 286. The van der Waals surface area contributed by atoms with Crippen molar-refractivity contribution in [1.29, 1.82) is 0 Å². The van der Waals surface area contributed by atoms with Crippen LogP contribution < -0.4 is 10.6 Å². The number of carbonyl (C=O) groups is 1. The second-order valence-electron chi connectivity index (χ2n) is 5.82. The van der Waals surface area contributed by atoms with Crippen LogP contribution in [-0.2, 0) is 0 Å². The monoisotopic (exact) mass is 285 g/mol. The van der Waals surface area contributed by atoms with Crippen molar-refractivity contribution in [3.8, 4) is 0 Å². The highest BCUT2D eigenvalue weighted by molar-refractivity contribution is 5.73. The molecule has 0 aromatic rings. The predicted molar refractivity (Wildman–Crippen MR) is 81.7 cm³/mol. The fourth-order valence-electron chi connectivity index (χ4n) is 2.65. The number of nitrogens with one attached hydrogen (secondary N) is 2. The lowest BCUT2D eigenvalue weighted by Crippen LogP contribution is -2.49. The van der Waals surface area contributed by atoms with E-state index in [1.165, 1.54) is 12.8 Å². The molecule has 2 amide bonds. The number of likely N-dealkylation sites (tertiary alicyclic amines) is 1. The first-order chi connectivity index (χ1) is 9.58. The number of likely N-dealkylation sites (N-methyl/N-ethyl adjacent to an activating group) is 1. The molecule has 5 nitrogen and oxygen atoms in total. The molecular weight excluding hydrogens is 254 g/mol. The summed E-state index contributed by atoms with van der Waals surface area (Å²) in [4.78, 5) is 14.2. The molecule has 1 rings (SSSR count). The van der Waals surface area contributed by atoms with Crippen LogP contribution in [0.2, 0.25) is 0 Å². The minimum absolute atomic E-state index is 0.172. The maximum Gasteiger partial charge on any atom is 0.314 e. The first kappa shape index (κ1) is 17.2. The number of piperidine rings is 1. The van der Waals surface area contributed by atoms with Crippen molar-refractivity contribution >= 4 is 6.03 Å². The van der Waals surface area contributed by atoms with E-state index in [0.29, 0.717) is 19.1 Å². The largest absolute Gasteiger partial charge is 0.391 e. The van der Waals surface area contributed by atoms with Gasteiger partial charge in [0.1, 0.15) is 0 Å². The summed E-state index contributed by atoms with van der Waals surface area (Å²) in [5.74, 6) is 0.212. The molecule has 1 fully saturated rings. The molecule has 0 aliphatic carbocycles. The maximum absolute atomic E-state index is 11.7. The molecule has 0 bridgehead atoms. The van der Waals surface area contributed by atoms with Gasteiger partial charge in [-0.25, -0.2) is 4.79 Å². The van der Waals surface area contributed by atoms with Crippen LogP contribution in [0.25, 0.3) is 0 Å². The van der Waals surface area contributed by atoms with Gasteiger partial charge in [0.05, 0.1) is 6.10 Å². The summed E-state index contributed by atoms with van der Waals surface area (Å²) in [7, 11) is 0. The van der Waals surface area contributed by atoms with Crippen LogP contribution in [0.4, 0.5) is 4.79 Å². The van der Waals surface area contributed by atoms with Crippen molar-refractivity contribution in [3.63, 3.8) is 0 Å². The van der Waals surface area contributed by atoms with Gasteiger partial charge in [0.15, 0.2) is 0 Å². The molecule has 118 valence electrons. The van der Waals surface area contributed by atoms with Gasteiger partial charge in [-0.15, -0.1) is 0 Å². The van der Waals surface area contributed by atoms with Crippen molar-refractivity contribution in [2.24, 2.45) is 5.92 Å². The molecule has 0 aromatic carbocycles. The molecule has 0 saturated carbocycles. The highest BCUT2D eigenvalue weighted by Gasteiger charge is 2.21. The molecule has 3 N–H and O–H groups in total. The number of aliphatic hydroxyl groups excluding tert-OH is 1. The van der Waals surface area contributed by atoms with E-state index < -0.39 is 6.10 Å². The maximum atomic E-state index is 11.7. The molecular formula is C15H31N3O2. The topological polar surface area (TPSA) is 64.6 Å². The van der Waals surface area contributed by atoms with Crippen LogP contribution in [0, 0.1) is 5.92 Å². The lowest BCUT2D eigenvalue weighted by molar-refractivity contribution is 0.114. The zero-order valence-corrected chi connectivity index (χ0v) is 13.2. The SMILES string of the molecule is CCC(C)C(O)CNC(=O)NCC1CCCCN1CC. The third-order valence-corrected chi connectivity index (χ3v) is 4.43. The lowest BCUT2D eigenvalue weighted by atomic mass is 10.0. The van der Waals surface area contributed by atoms with Gasteiger partial charge in [-0.1, -0.05) is 33.6 Å². The van der Waals surface area contributed by atoms with E-state index >= 15 is 0 Å². The van der Waals surface area contributed by atoms with Crippen LogP contribution in [0.3, 0.4) is 0 Å². The standard InChI is InChI=1S/C15H31N3O2/c1-4-12(3)14(19)11-17-15(20)16-10-13-8-6-7-9-18(13)5-2/h12-14,19H,4-11H2,1-3H3,(H2,16,17,20). The molecule has 0 radical (unpaired) electrons. The van der Waals surface area contributed by atoms with Gasteiger partial charge in [-0.05, 0) is 31.8 Å². The molecule has 1 aliphatic heterocycles. The van der Waals surface area contributed by atoms with Gasteiger partial charge in [-0.3, -0.25) is 4.90 Å². The molecule has 0 spiro atoms. The minimum atomic E-state index is -0.465. The Kier molecular flexibility index (Phi) is 7.92. The Morgan fingerprint density at radius 1 is 1.35 bits per heavy atom. The predicted octanol–water partition coefficient (Wildman–Crippen LogP) is 1.57. The fourth-order valence-corrected chi connectivity index (χ4v) is 2.65. The Labute approximate surface area is 123 Å². The molecule has 5 heteroatoms. The first-order valence-electron chi connectivity index (χ1n) is 8.02. The number of amides is 2. The number of aliphatic hydroxyl groups is 1. The van der Waals surface area contributed by atoms with Crippen molar-refractivity contribution in [1.82, 2.24) is 15.5 Å². The van der Waals surface area contributed by atoms with Crippen LogP contribution in [0.1, 0.15) is 46.5 Å². The molecule has 1 heterocycles. The summed E-state index contributed by atoms with van der Waals surface area (Å²) in [5.41, 5.74) is 0. The highest BCUT2D eigenvalue weighted by atomic mass is 16.3. The molecule has 20 heavy (non-hydrogen) atoms. The van der Waals surface area contributed by atoms with Gasteiger partial charge in [0.2, 0.25) is 0 Å². The lowest BCUT2D eigenvalue weighted by Gasteiger charge is -2.34. The normalized spacial score (nSPS) is 23.1. The van der Waals surface area contributed by atoms with Crippen LogP contribution >= 0.6 is 0 Å². The number of carbonyl (C=O) groups excluding carboxylic acids is 1. The third-order valence-electron chi connectivity index (χ3n) is 4.43. The van der Waals surface area contributed by atoms with Gasteiger partial charge in [0.25, 0.3) is 0 Å².